The van der Waals surface area contributed by atoms with Crippen molar-refractivity contribution in [2.75, 3.05) is 5.75 Å². The van der Waals surface area contributed by atoms with Crippen LogP contribution in [0.1, 0.15) is 5.89 Å². The van der Waals surface area contributed by atoms with Crippen molar-refractivity contribution in [3.8, 4) is 6.07 Å². The summed E-state index contributed by atoms with van der Waals surface area (Å²) in [4.78, 5) is 0. The lowest BCUT2D eigenvalue weighted by atomic mass is 10.7. The molecule has 0 atom stereocenters. The number of rotatable bonds is 3. The average molecular weight is 170 g/mol. The third kappa shape index (κ3) is 2.22. The highest BCUT2D eigenvalue weighted by Gasteiger charge is 2.02. The molecule has 1 heterocycles. The van der Waals surface area contributed by atoms with E-state index in [1.807, 2.05) is 6.07 Å². The largest absolute Gasteiger partial charge is 0.415 e. The predicted octanol–water partition coefficient (Wildman–Crippen LogP) is 0.144. The topological polar surface area (TPSA) is 88.7 Å². The molecule has 5 nitrogen and oxygen atoms in total. The first-order valence-electron chi connectivity index (χ1n) is 2.89. The maximum absolute atomic E-state index is 8.21. The molecule has 2 N–H and O–H groups in total. The van der Waals surface area contributed by atoms with Crippen LogP contribution in [0.15, 0.2) is 9.64 Å². The van der Waals surface area contributed by atoms with E-state index in [1.165, 1.54) is 11.8 Å². The molecule has 0 spiro atoms. The normalized spacial score (nSPS) is 9.45. The maximum Gasteiger partial charge on any atom is 0.277 e. The summed E-state index contributed by atoms with van der Waals surface area (Å²) in [5.74, 6) is 0.706. The summed E-state index contributed by atoms with van der Waals surface area (Å²) >= 11 is 1.20. The molecular weight excluding hydrogens is 164 g/mol. The minimum absolute atomic E-state index is 0.236. The molecule has 0 saturated heterocycles. The first-order chi connectivity index (χ1) is 5.36. The van der Waals surface area contributed by atoms with E-state index in [9.17, 15) is 0 Å². The van der Waals surface area contributed by atoms with Crippen LogP contribution >= 0.6 is 11.8 Å². The van der Waals surface area contributed by atoms with Crippen LogP contribution in [0.4, 0.5) is 0 Å². The fourth-order valence-electron chi connectivity index (χ4n) is 0.473. The van der Waals surface area contributed by atoms with Crippen LogP contribution in [0, 0.1) is 11.3 Å². The van der Waals surface area contributed by atoms with Gasteiger partial charge in [-0.15, -0.1) is 10.2 Å². The maximum atomic E-state index is 8.21. The Bertz CT molecular complexity index is 266. The molecule has 1 aromatic heterocycles. The Morgan fingerprint density at radius 3 is 3.00 bits per heavy atom. The van der Waals surface area contributed by atoms with E-state index in [1.54, 1.807) is 0 Å². The second kappa shape index (κ2) is 3.95. The van der Waals surface area contributed by atoms with Crippen LogP contribution in [0.5, 0.6) is 0 Å². The highest BCUT2D eigenvalue weighted by molar-refractivity contribution is 7.99. The quantitative estimate of drug-likeness (QED) is 0.649. The van der Waals surface area contributed by atoms with Crippen molar-refractivity contribution in [3.05, 3.63) is 5.89 Å². The van der Waals surface area contributed by atoms with Gasteiger partial charge in [-0.05, 0) is 0 Å². The molecule has 0 aliphatic heterocycles. The molecule has 0 aliphatic rings. The zero-order valence-corrected chi connectivity index (χ0v) is 6.47. The van der Waals surface area contributed by atoms with Gasteiger partial charge in [0.2, 0.25) is 5.89 Å². The third-order valence-electron chi connectivity index (χ3n) is 0.883. The number of hydrogen-bond donors (Lipinski definition) is 1. The summed E-state index contributed by atoms with van der Waals surface area (Å²) in [5, 5.41) is 15.9. The van der Waals surface area contributed by atoms with Crippen molar-refractivity contribution in [1.82, 2.24) is 10.2 Å². The monoisotopic (exact) mass is 170 g/mol. The predicted molar refractivity (Wildman–Crippen MR) is 38.5 cm³/mol. The van der Waals surface area contributed by atoms with Gasteiger partial charge in [0.25, 0.3) is 5.22 Å². The van der Waals surface area contributed by atoms with E-state index in [0.717, 1.165) is 0 Å². The molecule has 0 bridgehead atoms. The summed E-state index contributed by atoms with van der Waals surface area (Å²) in [6.45, 7) is 0.236. The number of nitrogens with two attached hydrogens (primary N) is 1. The molecule has 0 radical (unpaired) electrons. The highest BCUT2D eigenvalue weighted by atomic mass is 32.2. The van der Waals surface area contributed by atoms with Gasteiger partial charge in [-0.25, -0.2) is 0 Å². The van der Waals surface area contributed by atoms with Crippen LogP contribution in [0.2, 0.25) is 0 Å². The molecule has 6 heteroatoms. The van der Waals surface area contributed by atoms with E-state index in [-0.39, 0.29) is 6.54 Å². The fraction of sp³-hybridized carbons (Fsp3) is 0.400. The molecule has 0 aromatic carbocycles. The Morgan fingerprint density at radius 2 is 2.45 bits per heavy atom. The molecule has 1 rings (SSSR count). The lowest BCUT2D eigenvalue weighted by molar-refractivity contribution is 0.415. The Kier molecular flexibility index (Phi) is 2.89. The Balaban J connectivity index is 2.53. The second-order valence-electron chi connectivity index (χ2n) is 1.61. The second-order valence-corrected chi connectivity index (χ2v) is 2.54. The van der Waals surface area contributed by atoms with Gasteiger partial charge in [0.15, 0.2) is 0 Å². The third-order valence-corrected chi connectivity index (χ3v) is 1.57. The number of nitriles is 1. The number of nitrogens with zero attached hydrogens (tertiary/aromatic N) is 3. The molecule has 1 aromatic rings. The van der Waals surface area contributed by atoms with Crippen molar-refractivity contribution < 1.29 is 4.42 Å². The van der Waals surface area contributed by atoms with Crippen molar-refractivity contribution in [3.63, 3.8) is 0 Å². The van der Waals surface area contributed by atoms with Gasteiger partial charge < -0.3 is 10.2 Å². The summed E-state index contributed by atoms with van der Waals surface area (Å²) in [7, 11) is 0. The van der Waals surface area contributed by atoms with Crippen LogP contribution < -0.4 is 5.73 Å². The number of aromatic nitrogens is 2. The summed E-state index contributed by atoms with van der Waals surface area (Å²) in [6, 6.07) is 1.95. The van der Waals surface area contributed by atoms with Crippen LogP contribution in [0.25, 0.3) is 0 Å². The molecule has 0 saturated carbocycles. The van der Waals surface area contributed by atoms with E-state index < -0.39 is 0 Å². The molecular formula is C5H6N4OS. The van der Waals surface area contributed by atoms with Gasteiger partial charge in [0.1, 0.15) is 0 Å². The van der Waals surface area contributed by atoms with Crippen molar-refractivity contribution in [1.29, 1.82) is 5.26 Å². The van der Waals surface area contributed by atoms with Crippen molar-refractivity contribution >= 4 is 11.8 Å². The Labute approximate surface area is 67.6 Å². The zero-order chi connectivity index (χ0) is 8.10. The summed E-state index contributed by atoms with van der Waals surface area (Å²) in [6.07, 6.45) is 0. The first kappa shape index (κ1) is 8.04. The number of hydrogen-bond acceptors (Lipinski definition) is 6. The minimum atomic E-state index is 0.236. The Morgan fingerprint density at radius 1 is 1.64 bits per heavy atom. The van der Waals surface area contributed by atoms with Gasteiger partial charge in [-0.2, -0.15) is 5.26 Å². The minimum Gasteiger partial charge on any atom is -0.415 e. The van der Waals surface area contributed by atoms with Crippen molar-refractivity contribution in [2.24, 2.45) is 5.73 Å². The molecule has 11 heavy (non-hydrogen) atoms. The molecule has 0 fully saturated rings. The van der Waals surface area contributed by atoms with E-state index >= 15 is 0 Å². The van der Waals surface area contributed by atoms with Gasteiger partial charge in [0.05, 0.1) is 18.4 Å². The molecule has 0 aliphatic carbocycles. The Hall–Kier alpha value is -1.06. The van der Waals surface area contributed by atoms with E-state index in [2.05, 4.69) is 10.2 Å². The average Bonchev–Trinajstić information content (AvgIpc) is 2.48. The zero-order valence-electron chi connectivity index (χ0n) is 5.65. The highest BCUT2D eigenvalue weighted by Crippen LogP contribution is 2.14. The number of thioether (sulfide) groups is 1. The lowest BCUT2D eigenvalue weighted by Crippen LogP contribution is -1.95. The van der Waals surface area contributed by atoms with Crippen LogP contribution in [-0.2, 0) is 6.54 Å². The summed E-state index contributed by atoms with van der Waals surface area (Å²) < 4.78 is 5.00. The molecule has 0 unspecified atom stereocenters. The van der Waals surface area contributed by atoms with Crippen LogP contribution in [-0.4, -0.2) is 16.0 Å². The van der Waals surface area contributed by atoms with Crippen LogP contribution in [0.3, 0.4) is 0 Å². The van der Waals surface area contributed by atoms with Crippen molar-refractivity contribution in [2.45, 2.75) is 11.8 Å². The SMILES string of the molecule is N#CCSc1nnc(CN)o1. The molecule has 0 amide bonds. The smallest absolute Gasteiger partial charge is 0.277 e. The van der Waals surface area contributed by atoms with Gasteiger partial charge in [-0.3, -0.25) is 0 Å². The fourth-order valence-corrected chi connectivity index (χ4v) is 0.915. The first-order valence-corrected chi connectivity index (χ1v) is 3.87. The lowest BCUT2D eigenvalue weighted by Gasteiger charge is -1.83. The van der Waals surface area contributed by atoms with Gasteiger partial charge in [0, 0.05) is 0 Å². The van der Waals surface area contributed by atoms with E-state index in [0.29, 0.717) is 16.9 Å². The van der Waals surface area contributed by atoms with Gasteiger partial charge in [-0.1, -0.05) is 11.8 Å². The molecule has 58 valence electrons. The standard InChI is InChI=1S/C5H6N4OS/c6-1-2-11-5-9-8-4(3-7)10-5/h2-3,7H2. The summed E-state index contributed by atoms with van der Waals surface area (Å²) in [5.41, 5.74) is 5.22. The van der Waals surface area contributed by atoms with Gasteiger partial charge >= 0.3 is 0 Å². The van der Waals surface area contributed by atoms with E-state index in [4.69, 9.17) is 15.4 Å².